The lowest BCUT2D eigenvalue weighted by atomic mass is 9.95. The zero-order valence-electron chi connectivity index (χ0n) is 14.3. The van der Waals surface area contributed by atoms with Crippen molar-refractivity contribution in [2.75, 3.05) is 5.32 Å². The number of benzene rings is 1. The number of nitrogens with one attached hydrogen (secondary N) is 3. The molecule has 3 N–H and O–H groups in total. The van der Waals surface area contributed by atoms with E-state index in [9.17, 15) is 9.59 Å². The van der Waals surface area contributed by atoms with E-state index in [4.69, 9.17) is 0 Å². The van der Waals surface area contributed by atoms with Crippen LogP contribution in [0.4, 0.5) is 5.69 Å². The number of carbonyl (C=O) groups excluding carboxylic acids is 2. The van der Waals surface area contributed by atoms with Crippen LogP contribution in [0.1, 0.15) is 24.0 Å². The van der Waals surface area contributed by atoms with E-state index >= 15 is 0 Å². The molecule has 0 saturated heterocycles. The summed E-state index contributed by atoms with van der Waals surface area (Å²) >= 11 is 0. The third-order valence-corrected chi connectivity index (χ3v) is 4.55. The Morgan fingerprint density at radius 2 is 2.00 bits per heavy atom. The van der Waals surface area contributed by atoms with E-state index in [1.54, 1.807) is 12.4 Å². The molecule has 26 heavy (non-hydrogen) atoms. The molecule has 1 aromatic heterocycles. The minimum atomic E-state index is -0.267. The molecule has 138 valence electrons. The summed E-state index contributed by atoms with van der Waals surface area (Å²) in [4.78, 5) is 24.3. The van der Waals surface area contributed by atoms with Crippen molar-refractivity contribution < 1.29 is 9.59 Å². The third-order valence-electron chi connectivity index (χ3n) is 4.55. The Labute approximate surface area is 157 Å². The van der Waals surface area contributed by atoms with Gasteiger partial charge in [-0.3, -0.25) is 14.3 Å². The van der Waals surface area contributed by atoms with E-state index in [0.29, 0.717) is 24.7 Å². The molecule has 8 heteroatoms. The SMILES string of the molecule is Cl.O=C(Cn1cc(NC(=O)C2Cc3ccccc3CN2)cn1)NC1CC1. The largest absolute Gasteiger partial charge is 0.352 e. The average molecular weight is 376 g/mol. The minimum absolute atomic E-state index is 0. The van der Waals surface area contributed by atoms with Gasteiger partial charge in [0.1, 0.15) is 6.54 Å². The normalized spacial score (nSPS) is 18.4. The highest BCUT2D eigenvalue weighted by molar-refractivity contribution is 5.95. The quantitative estimate of drug-likeness (QED) is 0.733. The number of nitrogens with zero attached hydrogens (tertiary/aromatic N) is 2. The molecule has 0 radical (unpaired) electrons. The highest BCUT2D eigenvalue weighted by Gasteiger charge is 2.25. The number of rotatable bonds is 5. The van der Waals surface area contributed by atoms with Gasteiger partial charge >= 0.3 is 0 Å². The Morgan fingerprint density at radius 3 is 2.77 bits per heavy atom. The van der Waals surface area contributed by atoms with Crippen molar-refractivity contribution in [3.8, 4) is 0 Å². The van der Waals surface area contributed by atoms with E-state index < -0.39 is 0 Å². The number of anilines is 1. The molecule has 1 fully saturated rings. The molecule has 1 aliphatic heterocycles. The zero-order chi connectivity index (χ0) is 17.2. The zero-order valence-corrected chi connectivity index (χ0v) is 15.1. The lowest BCUT2D eigenvalue weighted by Gasteiger charge is -2.25. The van der Waals surface area contributed by atoms with Crippen molar-refractivity contribution in [1.29, 1.82) is 0 Å². The number of carbonyl (C=O) groups is 2. The molecule has 2 aromatic rings. The first-order chi connectivity index (χ1) is 12.2. The van der Waals surface area contributed by atoms with Crippen molar-refractivity contribution in [2.45, 2.75) is 44.4 Å². The van der Waals surface area contributed by atoms with Gasteiger partial charge < -0.3 is 16.0 Å². The summed E-state index contributed by atoms with van der Waals surface area (Å²) in [5, 5.41) is 13.2. The Kier molecular flexibility index (Phi) is 5.58. The lowest BCUT2D eigenvalue weighted by molar-refractivity contribution is -0.122. The van der Waals surface area contributed by atoms with Crippen LogP contribution in [0.3, 0.4) is 0 Å². The maximum Gasteiger partial charge on any atom is 0.241 e. The average Bonchev–Trinajstić information content (AvgIpc) is 3.32. The highest BCUT2D eigenvalue weighted by atomic mass is 35.5. The molecular weight excluding hydrogens is 354 g/mol. The number of fused-ring (bicyclic) bond motifs is 1. The molecule has 7 nitrogen and oxygen atoms in total. The molecule has 4 rings (SSSR count). The van der Waals surface area contributed by atoms with Crippen LogP contribution in [0.5, 0.6) is 0 Å². The molecule has 2 heterocycles. The number of amides is 2. The Bertz CT molecular complexity index is 802. The van der Waals surface area contributed by atoms with Crippen LogP contribution >= 0.6 is 12.4 Å². The monoisotopic (exact) mass is 375 g/mol. The first-order valence-corrected chi connectivity index (χ1v) is 8.60. The van der Waals surface area contributed by atoms with Gasteiger partial charge in [-0.05, 0) is 30.4 Å². The van der Waals surface area contributed by atoms with Gasteiger partial charge in [-0.1, -0.05) is 24.3 Å². The number of hydrogen-bond donors (Lipinski definition) is 3. The minimum Gasteiger partial charge on any atom is -0.352 e. The summed E-state index contributed by atoms with van der Waals surface area (Å²) in [6.07, 6.45) is 6.04. The smallest absolute Gasteiger partial charge is 0.241 e. The number of halogens is 1. The summed E-state index contributed by atoms with van der Waals surface area (Å²) in [7, 11) is 0. The van der Waals surface area contributed by atoms with Crippen LogP contribution in [-0.2, 0) is 29.1 Å². The van der Waals surface area contributed by atoms with Crippen molar-refractivity contribution >= 4 is 29.9 Å². The Balaban J connectivity index is 0.00000196. The van der Waals surface area contributed by atoms with Gasteiger partial charge in [0.05, 0.1) is 17.9 Å². The predicted molar refractivity (Wildman–Crippen MR) is 100 cm³/mol. The van der Waals surface area contributed by atoms with Gasteiger partial charge in [0.2, 0.25) is 11.8 Å². The van der Waals surface area contributed by atoms with Gasteiger partial charge in [-0.25, -0.2) is 0 Å². The number of hydrogen-bond acceptors (Lipinski definition) is 4. The van der Waals surface area contributed by atoms with Crippen LogP contribution in [0, 0.1) is 0 Å². The van der Waals surface area contributed by atoms with Gasteiger partial charge in [-0.2, -0.15) is 5.10 Å². The fraction of sp³-hybridized carbons (Fsp3) is 0.389. The Hall–Kier alpha value is -2.38. The predicted octanol–water partition coefficient (Wildman–Crippen LogP) is 1.24. The van der Waals surface area contributed by atoms with Gasteiger partial charge in [0.15, 0.2) is 0 Å². The summed E-state index contributed by atoms with van der Waals surface area (Å²) in [6.45, 7) is 0.857. The molecule has 1 unspecified atom stereocenters. The molecule has 2 amide bonds. The third kappa shape index (κ3) is 4.42. The van der Waals surface area contributed by atoms with Crippen LogP contribution in [-0.4, -0.2) is 33.7 Å². The second-order valence-electron chi connectivity index (χ2n) is 6.66. The van der Waals surface area contributed by atoms with E-state index in [1.165, 1.54) is 15.8 Å². The van der Waals surface area contributed by atoms with Crippen molar-refractivity contribution in [3.05, 3.63) is 47.8 Å². The fourth-order valence-corrected chi connectivity index (χ4v) is 3.03. The first kappa shape index (κ1) is 18.4. The van der Waals surface area contributed by atoms with Crippen LogP contribution in [0.25, 0.3) is 0 Å². The molecule has 0 bridgehead atoms. The van der Waals surface area contributed by atoms with Gasteiger partial charge in [-0.15, -0.1) is 12.4 Å². The van der Waals surface area contributed by atoms with Gasteiger partial charge in [0.25, 0.3) is 0 Å². The van der Waals surface area contributed by atoms with E-state index in [2.05, 4.69) is 33.2 Å². The summed E-state index contributed by atoms with van der Waals surface area (Å²) in [6, 6.07) is 8.21. The second-order valence-corrected chi connectivity index (χ2v) is 6.66. The topological polar surface area (TPSA) is 88.1 Å². The molecule has 1 aromatic carbocycles. The molecule has 0 spiro atoms. The highest BCUT2D eigenvalue weighted by Crippen LogP contribution is 2.19. The van der Waals surface area contributed by atoms with E-state index in [1.807, 2.05) is 12.1 Å². The van der Waals surface area contributed by atoms with Crippen molar-refractivity contribution in [1.82, 2.24) is 20.4 Å². The van der Waals surface area contributed by atoms with E-state index in [-0.39, 0.29) is 36.8 Å². The summed E-state index contributed by atoms with van der Waals surface area (Å²) in [5.41, 5.74) is 3.04. The Morgan fingerprint density at radius 1 is 1.23 bits per heavy atom. The molecular formula is C18H22ClN5O2. The maximum absolute atomic E-state index is 12.5. The maximum atomic E-state index is 12.5. The number of aromatic nitrogens is 2. The summed E-state index contributed by atoms with van der Waals surface area (Å²) in [5.74, 6) is -0.134. The molecule has 2 aliphatic rings. The fourth-order valence-electron chi connectivity index (χ4n) is 3.03. The van der Waals surface area contributed by atoms with Crippen LogP contribution < -0.4 is 16.0 Å². The van der Waals surface area contributed by atoms with E-state index in [0.717, 1.165) is 12.8 Å². The van der Waals surface area contributed by atoms with Crippen LogP contribution in [0.15, 0.2) is 36.7 Å². The lowest BCUT2D eigenvalue weighted by Crippen LogP contribution is -2.44. The van der Waals surface area contributed by atoms with Crippen molar-refractivity contribution in [3.63, 3.8) is 0 Å². The first-order valence-electron chi connectivity index (χ1n) is 8.60. The van der Waals surface area contributed by atoms with Crippen molar-refractivity contribution in [2.24, 2.45) is 0 Å². The van der Waals surface area contributed by atoms with Gasteiger partial charge in [0, 0.05) is 18.8 Å². The summed E-state index contributed by atoms with van der Waals surface area (Å²) < 4.78 is 1.54. The molecule has 1 saturated carbocycles. The standard InChI is InChI=1S/C18H21N5O2.ClH/c24-17(21-14-5-6-14)11-23-10-15(9-20-23)22-18(25)16-7-12-3-1-2-4-13(12)8-19-16;/h1-4,9-10,14,16,19H,5-8,11H2,(H,21,24)(H,22,25);1H. The second kappa shape index (κ2) is 7.88. The molecule has 1 aliphatic carbocycles. The molecule has 1 atom stereocenters. The van der Waals surface area contributed by atoms with Crippen LogP contribution in [0.2, 0.25) is 0 Å².